The first kappa shape index (κ1) is 13.6. The number of thiophene rings is 1. The second-order valence-corrected chi connectivity index (χ2v) is 8.08. The minimum atomic E-state index is -3.33. The predicted molar refractivity (Wildman–Crippen MR) is 70.4 cm³/mol. The molecule has 0 unspecified atom stereocenters. The summed E-state index contributed by atoms with van der Waals surface area (Å²) in [6, 6.07) is 1.64. The summed E-state index contributed by atoms with van der Waals surface area (Å²) in [5.74, 6) is 0. The number of rotatable bonds is 5. The van der Waals surface area contributed by atoms with Crippen LogP contribution in [-0.2, 0) is 10.0 Å². The molecule has 3 nitrogen and oxygen atoms in total. The summed E-state index contributed by atoms with van der Waals surface area (Å²) >= 11 is 7.95. The molecule has 0 saturated heterocycles. The highest BCUT2D eigenvalue weighted by molar-refractivity contribution is 9.11. The minimum Gasteiger partial charge on any atom is -0.211 e. The Morgan fingerprint density at radius 1 is 1.53 bits per heavy atom. The molecule has 0 radical (unpaired) electrons. The normalized spacial score (nSPS) is 11.9. The van der Waals surface area contributed by atoms with Gasteiger partial charge in [0.25, 0.3) is 0 Å². The van der Waals surface area contributed by atoms with Crippen LogP contribution in [0.2, 0.25) is 0 Å². The summed E-state index contributed by atoms with van der Waals surface area (Å²) in [6.07, 6.45) is 0.781. The third-order valence-electron chi connectivity index (χ3n) is 1.73. The Kier molecular flexibility index (Phi) is 5.24. The van der Waals surface area contributed by atoms with Crippen LogP contribution in [0.1, 0.15) is 11.3 Å². The Balaban J connectivity index is 2.82. The lowest BCUT2D eigenvalue weighted by Gasteiger charge is -2.04. The van der Waals surface area contributed by atoms with Crippen molar-refractivity contribution in [2.45, 2.75) is 18.2 Å². The molecular weight excluding hydrogens is 366 g/mol. The molecule has 0 aromatic carbocycles. The lowest BCUT2D eigenvalue weighted by Crippen LogP contribution is -2.25. The average Bonchev–Trinajstić information content (AvgIpc) is 2.46. The van der Waals surface area contributed by atoms with E-state index in [9.17, 15) is 8.42 Å². The molecule has 86 valence electrons. The standard InChI is InChI=1S/C8H11Br2NO2S2/c1-6-7(5-8(10)14-6)15(12,13)11-4-2-3-9/h5,11H,2-4H2,1H3. The second-order valence-electron chi connectivity index (χ2n) is 2.91. The van der Waals surface area contributed by atoms with Crippen LogP contribution in [0.25, 0.3) is 0 Å². The van der Waals surface area contributed by atoms with E-state index in [1.165, 1.54) is 11.3 Å². The zero-order valence-corrected chi connectivity index (χ0v) is 12.9. The van der Waals surface area contributed by atoms with Gasteiger partial charge in [-0.1, -0.05) is 15.9 Å². The van der Waals surface area contributed by atoms with Crippen LogP contribution < -0.4 is 4.72 Å². The van der Waals surface area contributed by atoms with Crippen molar-refractivity contribution < 1.29 is 8.42 Å². The second kappa shape index (κ2) is 5.77. The maximum atomic E-state index is 11.8. The molecule has 0 bridgehead atoms. The van der Waals surface area contributed by atoms with Crippen molar-refractivity contribution in [1.82, 2.24) is 4.72 Å². The van der Waals surface area contributed by atoms with Crippen molar-refractivity contribution in [3.05, 3.63) is 14.7 Å². The number of hydrogen-bond acceptors (Lipinski definition) is 3. The van der Waals surface area contributed by atoms with Gasteiger partial charge < -0.3 is 0 Å². The smallest absolute Gasteiger partial charge is 0.211 e. The third-order valence-corrected chi connectivity index (χ3v) is 5.56. The summed E-state index contributed by atoms with van der Waals surface area (Å²) in [5.41, 5.74) is 0. The van der Waals surface area contributed by atoms with Gasteiger partial charge in [0.15, 0.2) is 0 Å². The SMILES string of the molecule is Cc1sc(Br)cc1S(=O)(=O)NCCCBr. The summed E-state index contributed by atoms with van der Waals surface area (Å²) in [7, 11) is -3.33. The van der Waals surface area contributed by atoms with E-state index in [4.69, 9.17) is 0 Å². The van der Waals surface area contributed by atoms with Gasteiger partial charge in [-0.25, -0.2) is 13.1 Å². The molecule has 0 fully saturated rings. The van der Waals surface area contributed by atoms with Crippen LogP contribution in [0.5, 0.6) is 0 Å². The van der Waals surface area contributed by atoms with Crippen molar-refractivity contribution in [2.24, 2.45) is 0 Å². The van der Waals surface area contributed by atoms with Crippen molar-refractivity contribution >= 4 is 53.2 Å². The fourth-order valence-electron chi connectivity index (χ4n) is 1.05. The average molecular weight is 377 g/mol. The van der Waals surface area contributed by atoms with Gasteiger partial charge >= 0.3 is 0 Å². The van der Waals surface area contributed by atoms with Crippen LogP contribution in [0.4, 0.5) is 0 Å². The first-order valence-electron chi connectivity index (χ1n) is 4.29. The molecule has 0 aliphatic heterocycles. The summed E-state index contributed by atoms with van der Waals surface area (Å²) in [5, 5.41) is 0.793. The zero-order valence-electron chi connectivity index (χ0n) is 8.09. The molecule has 0 saturated carbocycles. The van der Waals surface area contributed by atoms with Crippen LogP contribution in [-0.4, -0.2) is 20.3 Å². The van der Waals surface area contributed by atoms with Crippen molar-refractivity contribution in [2.75, 3.05) is 11.9 Å². The zero-order chi connectivity index (χ0) is 11.5. The Labute approximate surface area is 111 Å². The van der Waals surface area contributed by atoms with Gasteiger partial charge in [-0.05, 0) is 35.3 Å². The van der Waals surface area contributed by atoms with Gasteiger partial charge in [-0.15, -0.1) is 11.3 Å². The molecule has 0 spiro atoms. The van der Waals surface area contributed by atoms with Crippen LogP contribution in [0, 0.1) is 6.92 Å². The number of halogens is 2. The molecule has 1 rings (SSSR count). The van der Waals surface area contributed by atoms with Crippen LogP contribution in [0.3, 0.4) is 0 Å². The van der Waals surface area contributed by atoms with Crippen molar-refractivity contribution in [1.29, 1.82) is 0 Å². The Bertz CT molecular complexity index is 428. The van der Waals surface area contributed by atoms with Crippen molar-refractivity contribution in [3.8, 4) is 0 Å². The fourth-order valence-corrected chi connectivity index (χ4v) is 4.82. The van der Waals surface area contributed by atoms with Crippen molar-refractivity contribution in [3.63, 3.8) is 0 Å². The van der Waals surface area contributed by atoms with E-state index >= 15 is 0 Å². The van der Waals surface area contributed by atoms with E-state index in [-0.39, 0.29) is 0 Å². The number of nitrogens with one attached hydrogen (secondary N) is 1. The largest absolute Gasteiger partial charge is 0.241 e. The first-order chi connectivity index (χ1) is 6.97. The number of hydrogen-bond donors (Lipinski definition) is 1. The molecule has 0 atom stereocenters. The number of sulfonamides is 1. The predicted octanol–water partition coefficient (Wildman–Crippen LogP) is 2.88. The van der Waals surface area contributed by atoms with Gasteiger partial charge in [0, 0.05) is 16.8 Å². The third kappa shape index (κ3) is 3.81. The highest BCUT2D eigenvalue weighted by Crippen LogP contribution is 2.29. The van der Waals surface area contributed by atoms with Gasteiger partial charge in [0.2, 0.25) is 10.0 Å². The molecule has 0 aliphatic rings. The Morgan fingerprint density at radius 2 is 2.20 bits per heavy atom. The maximum Gasteiger partial charge on any atom is 0.241 e. The molecule has 1 aromatic rings. The van der Waals surface area contributed by atoms with Gasteiger partial charge in [-0.3, -0.25) is 0 Å². The lowest BCUT2D eigenvalue weighted by atomic mass is 10.5. The summed E-state index contributed by atoms with van der Waals surface area (Å²) in [6.45, 7) is 2.26. The van der Waals surface area contributed by atoms with Gasteiger partial charge in [0.05, 0.1) is 8.68 Å². The summed E-state index contributed by atoms with van der Waals surface area (Å²) in [4.78, 5) is 1.17. The molecule has 0 aliphatic carbocycles. The molecule has 1 N–H and O–H groups in total. The van der Waals surface area contributed by atoms with E-state index in [2.05, 4.69) is 36.6 Å². The Hall–Kier alpha value is 0.570. The molecule has 1 heterocycles. The fraction of sp³-hybridized carbons (Fsp3) is 0.500. The molecule has 0 amide bonds. The van der Waals surface area contributed by atoms with Gasteiger partial charge in [-0.2, -0.15) is 0 Å². The van der Waals surface area contributed by atoms with E-state index in [0.717, 1.165) is 20.4 Å². The van der Waals surface area contributed by atoms with E-state index < -0.39 is 10.0 Å². The Morgan fingerprint density at radius 3 is 2.67 bits per heavy atom. The van der Waals surface area contributed by atoms with E-state index in [1.807, 2.05) is 0 Å². The first-order valence-corrected chi connectivity index (χ1v) is 8.50. The van der Waals surface area contributed by atoms with Crippen LogP contribution >= 0.6 is 43.2 Å². The molecular formula is C8H11Br2NO2S2. The van der Waals surface area contributed by atoms with E-state index in [1.54, 1.807) is 13.0 Å². The number of aryl methyl sites for hydroxylation is 1. The maximum absolute atomic E-state index is 11.8. The topological polar surface area (TPSA) is 46.2 Å². The number of alkyl halides is 1. The molecule has 7 heteroatoms. The van der Waals surface area contributed by atoms with Crippen LogP contribution in [0.15, 0.2) is 14.7 Å². The monoisotopic (exact) mass is 375 g/mol. The highest BCUT2D eigenvalue weighted by Gasteiger charge is 2.18. The lowest BCUT2D eigenvalue weighted by molar-refractivity contribution is 0.581. The quantitative estimate of drug-likeness (QED) is 0.634. The molecule has 15 heavy (non-hydrogen) atoms. The van der Waals surface area contributed by atoms with Gasteiger partial charge in [0.1, 0.15) is 0 Å². The molecule has 1 aromatic heterocycles. The minimum absolute atomic E-state index is 0.369. The summed E-state index contributed by atoms with van der Waals surface area (Å²) < 4.78 is 27.0. The highest BCUT2D eigenvalue weighted by atomic mass is 79.9. The van der Waals surface area contributed by atoms with E-state index in [0.29, 0.717) is 11.4 Å².